The van der Waals surface area contributed by atoms with Crippen molar-refractivity contribution >= 4 is 5.97 Å². The minimum absolute atomic E-state index is 0.0743. The summed E-state index contributed by atoms with van der Waals surface area (Å²) in [6.45, 7) is 0. The van der Waals surface area contributed by atoms with Gasteiger partial charge in [0.2, 0.25) is 0 Å². The molecule has 1 aromatic rings. The van der Waals surface area contributed by atoms with Crippen LogP contribution in [0.3, 0.4) is 0 Å². The number of hydrogen-bond acceptors (Lipinski definition) is 3. The fourth-order valence-electron chi connectivity index (χ4n) is 2.28. The van der Waals surface area contributed by atoms with Crippen molar-refractivity contribution in [3.63, 3.8) is 0 Å². The molecule has 1 aliphatic carbocycles. The summed E-state index contributed by atoms with van der Waals surface area (Å²) < 4.78 is 5.68. The number of carbonyl (C=O) groups is 1. The van der Waals surface area contributed by atoms with Crippen LogP contribution in [0.2, 0.25) is 0 Å². The maximum absolute atomic E-state index is 11.3. The molecule has 1 aromatic carbocycles. The van der Waals surface area contributed by atoms with Gasteiger partial charge in [0.05, 0.1) is 12.2 Å². The van der Waals surface area contributed by atoms with Crippen LogP contribution in [0.1, 0.15) is 37.4 Å². The molecule has 4 nitrogen and oxygen atoms in total. The number of aliphatic carboxylic acids is 1. The molecule has 1 saturated carbocycles. The zero-order valence-electron chi connectivity index (χ0n) is 10.2. The van der Waals surface area contributed by atoms with Crippen molar-refractivity contribution in [3.8, 4) is 0 Å². The largest absolute Gasteiger partial charge is 0.479 e. The number of benzene rings is 1. The van der Waals surface area contributed by atoms with Crippen LogP contribution >= 0.6 is 0 Å². The fourth-order valence-corrected chi connectivity index (χ4v) is 2.28. The minimum atomic E-state index is -0.965. The summed E-state index contributed by atoms with van der Waals surface area (Å²) in [5.41, 5.74) is 0.663. The Morgan fingerprint density at radius 3 is 2.33 bits per heavy atom. The van der Waals surface area contributed by atoms with Crippen LogP contribution in [0.15, 0.2) is 30.3 Å². The molecule has 1 aliphatic rings. The third-order valence-corrected chi connectivity index (χ3v) is 3.30. The third-order valence-electron chi connectivity index (χ3n) is 3.30. The Bertz CT molecular complexity index is 382. The fraction of sp³-hybridized carbons (Fsp3) is 0.500. The van der Waals surface area contributed by atoms with Gasteiger partial charge in [0.15, 0.2) is 6.10 Å². The summed E-state index contributed by atoms with van der Waals surface area (Å²) in [6.07, 6.45) is 1.57. The molecule has 18 heavy (non-hydrogen) atoms. The second-order valence-electron chi connectivity index (χ2n) is 4.70. The number of carboxylic acid groups (broad SMARTS) is 1. The number of hydrogen-bond donors (Lipinski definition) is 2. The molecule has 0 radical (unpaired) electrons. The van der Waals surface area contributed by atoms with Crippen molar-refractivity contribution in [2.45, 2.75) is 44.0 Å². The molecule has 0 aliphatic heterocycles. The van der Waals surface area contributed by atoms with Crippen molar-refractivity contribution in [2.75, 3.05) is 0 Å². The molecule has 0 aromatic heterocycles. The van der Waals surface area contributed by atoms with Gasteiger partial charge in [-0.25, -0.2) is 4.79 Å². The molecule has 0 spiro atoms. The topological polar surface area (TPSA) is 66.8 Å². The van der Waals surface area contributed by atoms with E-state index >= 15 is 0 Å². The quantitative estimate of drug-likeness (QED) is 0.859. The highest BCUT2D eigenvalue weighted by Gasteiger charge is 2.27. The van der Waals surface area contributed by atoms with Gasteiger partial charge in [0.25, 0.3) is 0 Å². The monoisotopic (exact) mass is 250 g/mol. The average molecular weight is 250 g/mol. The molecule has 0 saturated heterocycles. The Hall–Kier alpha value is -1.39. The van der Waals surface area contributed by atoms with E-state index in [0.717, 1.165) is 12.8 Å². The zero-order valence-corrected chi connectivity index (χ0v) is 10.2. The summed E-state index contributed by atoms with van der Waals surface area (Å²) in [5.74, 6) is -0.965. The first-order valence-electron chi connectivity index (χ1n) is 6.28. The van der Waals surface area contributed by atoms with Crippen LogP contribution in [0.4, 0.5) is 0 Å². The maximum atomic E-state index is 11.3. The summed E-state index contributed by atoms with van der Waals surface area (Å²) in [5, 5.41) is 18.7. The van der Waals surface area contributed by atoms with E-state index in [2.05, 4.69) is 0 Å². The number of carboxylic acids is 1. The molecular weight excluding hydrogens is 232 g/mol. The van der Waals surface area contributed by atoms with E-state index < -0.39 is 12.1 Å². The summed E-state index contributed by atoms with van der Waals surface area (Å²) in [7, 11) is 0. The van der Waals surface area contributed by atoms with E-state index in [9.17, 15) is 15.0 Å². The van der Waals surface area contributed by atoms with Crippen LogP contribution in [-0.2, 0) is 9.53 Å². The Morgan fingerprint density at radius 1 is 1.17 bits per heavy atom. The number of aliphatic hydroxyl groups is 1. The summed E-state index contributed by atoms with van der Waals surface area (Å²) in [4.78, 5) is 11.3. The number of rotatable bonds is 4. The SMILES string of the molecule is O=C(O)C(O[C@H]1CC[C@H](O)CC1)c1ccccc1. The molecule has 98 valence electrons. The number of aliphatic hydroxyl groups excluding tert-OH is 1. The van der Waals surface area contributed by atoms with Gasteiger partial charge in [0, 0.05) is 0 Å². The normalized spacial score (nSPS) is 25.6. The van der Waals surface area contributed by atoms with E-state index in [1.165, 1.54) is 0 Å². The van der Waals surface area contributed by atoms with E-state index in [0.29, 0.717) is 18.4 Å². The average Bonchev–Trinajstić information content (AvgIpc) is 2.38. The van der Waals surface area contributed by atoms with Gasteiger partial charge in [-0.15, -0.1) is 0 Å². The van der Waals surface area contributed by atoms with E-state index in [-0.39, 0.29) is 12.2 Å². The number of ether oxygens (including phenoxy) is 1. The Labute approximate surface area is 106 Å². The molecule has 1 fully saturated rings. The van der Waals surface area contributed by atoms with Crippen molar-refractivity contribution < 1.29 is 19.7 Å². The van der Waals surface area contributed by atoms with Gasteiger partial charge in [-0.2, -0.15) is 0 Å². The van der Waals surface area contributed by atoms with Gasteiger partial charge < -0.3 is 14.9 Å². The van der Waals surface area contributed by atoms with Crippen LogP contribution in [0.25, 0.3) is 0 Å². The van der Waals surface area contributed by atoms with Crippen LogP contribution in [-0.4, -0.2) is 28.4 Å². The minimum Gasteiger partial charge on any atom is -0.479 e. The molecule has 0 amide bonds. The molecule has 1 atom stereocenters. The first-order chi connectivity index (χ1) is 8.66. The van der Waals surface area contributed by atoms with E-state index in [1.807, 2.05) is 6.07 Å². The first kappa shape index (κ1) is 13.1. The van der Waals surface area contributed by atoms with Crippen molar-refractivity contribution in [3.05, 3.63) is 35.9 Å². The third kappa shape index (κ3) is 3.31. The highest BCUT2D eigenvalue weighted by atomic mass is 16.5. The van der Waals surface area contributed by atoms with Gasteiger partial charge in [-0.05, 0) is 31.2 Å². The maximum Gasteiger partial charge on any atom is 0.337 e. The van der Waals surface area contributed by atoms with Gasteiger partial charge in [0.1, 0.15) is 0 Å². The lowest BCUT2D eigenvalue weighted by Gasteiger charge is -2.28. The highest BCUT2D eigenvalue weighted by molar-refractivity contribution is 5.74. The molecule has 0 bridgehead atoms. The van der Waals surface area contributed by atoms with Gasteiger partial charge in [-0.3, -0.25) is 0 Å². The smallest absolute Gasteiger partial charge is 0.337 e. The molecular formula is C14H18O4. The van der Waals surface area contributed by atoms with Gasteiger partial charge in [-0.1, -0.05) is 30.3 Å². The highest BCUT2D eigenvalue weighted by Crippen LogP contribution is 2.27. The van der Waals surface area contributed by atoms with Crippen LogP contribution in [0.5, 0.6) is 0 Å². The van der Waals surface area contributed by atoms with Crippen molar-refractivity contribution in [2.24, 2.45) is 0 Å². The van der Waals surface area contributed by atoms with E-state index in [4.69, 9.17) is 4.74 Å². The standard InChI is InChI=1S/C14H18O4/c15-11-6-8-12(9-7-11)18-13(14(16)17)10-4-2-1-3-5-10/h1-5,11-13,15H,6-9H2,(H,16,17)/t11-,12-,13?. The van der Waals surface area contributed by atoms with E-state index in [1.54, 1.807) is 24.3 Å². The Morgan fingerprint density at radius 2 is 1.78 bits per heavy atom. The van der Waals surface area contributed by atoms with Crippen LogP contribution < -0.4 is 0 Å². The second kappa shape index (κ2) is 5.98. The summed E-state index contributed by atoms with van der Waals surface area (Å²) in [6, 6.07) is 8.98. The lowest BCUT2D eigenvalue weighted by molar-refractivity contribution is -0.157. The van der Waals surface area contributed by atoms with Crippen LogP contribution in [0, 0.1) is 0 Å². The lowest BCUT2D eigenvalue weighted by atomic mass is 9.95. The van der Waals surface area contributed by atoms with Gasteiger partial charge >= 0.3 is 5.97 Å². The Balaban J connectivity index is 2.01. The van der Waals surface area contributed by atoms with Crippen molar-refractivity contribution in [1.82, 2.24) is 0 Å². The molecule has 0 heterocycles. The lowest BCUT2D eigenvalue weighted by Crippen LogP contribution is -2.28. The molecule has 2 N–H and O–H groups in total. The summed E-state index contributed by atoms with van der Waals surface area (Å²) >= 11 is 0. The predicted molar refractivity (Wildman–Crippen MR) is 66.2 cm³/mol. The second-order valence-corrected chi connectivity index (χ2v) is 4.70. The Kier molecular flexibility index (Phi) is 4.33. The first-order valence-corrected chi connectivity index (χ1v) is 6.28. The zero-order chi connectivity index (χ0) is 13.0. The predicted octanol–water partition coefficient (Wildman–Crippen LogP) is 2.13. The molecule has 2 rings (SSSR count). The molecule has 4 heteroatoms. The van der Waals surface area contributed by atoms with Crippen molar-refractivity contribution in [1.29, 1.82) is 0 Å². The molecule has 1 unspecified atom stereocenters.